The summed E-state index contributed by atoms with van der Waals surface area (Å²) in [7, 11) is 0. The third-order valence-electron chi connectivity index (χ3n) is 1.84. The van der Waals surface area contributed by atoms with Crippen molar-refractivity contribution >= 4 is 33.8 Å². The molecule has 0 aliphatic rings. The van der Waals surface area contributed by atoms with E-state index in [1.165, 1.54) is 17.1 Å². The molecule has 0 fully saturated rings. The Labute approximate surface area is 95.1 Å². The largest absolute Gasteiger partial charge is 0.315 e. The Kier molecular flexibility index (Phi) is 3.41. The zero-order chi connectivity index (χ0) is 10.5. The number of carbonyl (C=O) groups is 1. The Bertz CT molecular complexity index is 411. The standard InChI is InChI=1S/C9H9N3OS2/c13-8(11-9-5-10-12-15-9)2-1-7-3-4-14-6-7/h3-6H,1-2H2,(H,11,13). The van der Waals surface area contributed by atoms with E-state index >= 15 is 0 Å². The minimum atomic E-state index is 0.00671. The van der Waals surface area contributed by atoms with Crippen LogP contribution in [0, 0.1) is 0 Å². The average Bonchev–Trinajstić information content (AvgIpc) is 2.86. The van der Waals surface area contributed by atoms with Crippen LogP contribution < -0.4 is 5.32 Å². The van der Waals surface area contributed by atoms with Crippen molar-refractivity contribution in [2.24, 2.45) is 0 Å². The predicted molar refractivity (Wildman–Crippen MR) is 61.2 cm³/mol. The minimum Gasteiger partial charge on any atom is -0.315 e. The fourth-order valence-corrected chi connectivity index (χ4v) is 2.25. The van der Waals surface area contributed by atoms with Crippen LogP contribution in [0.1, 0.15) is 12.0 Å². The number of hydrogen-bond donors (Lipinski definition) is 1. The van der Waals surface area contributed by atoms with Crippen molar-refractivity contribution in [1.82, 2.24) is 9.59 Å². The maximum Gasteiger partial charge on any atom is 0.225 e. The second-order valence-electron chi connectivity index (χ2n) is 2.96. The molecule has 0 saturated heterocycles. The molecule has 78 valence electrons. The van der Waals surface area contributed by atoms with Crippen molar-refractivity contribution < 1.29 is 4.79 Å². The lowest BCUT2D eigenvalue weighted by molar-refractivity contribution is -0.116. The van der Waals surface area contributed by atoms with E-state index in [4.69, 9.17) is 0 Å². The number of aromatic nitrogens is 2. The van der Waals surface area contributed by atoms with Crippen molar-refractivity contribution in [3.63, 3.8) is 0 Å². The smallest absolute Gasteiger partial charge is 0.225 e. The zero-order valence-corrected chi connectivity index (χ0v) is 9.48. The molecule has 0 unspecified atom stereocenters. The number of hydrogen-bond acceptors (Lipinski definition) is 5. The van der Waals surface area contributed by atoms with E-state index in [0.717, 1.165) is 6.42 Å². The predicted octanol–water partition coefficient (Wildman–Crippen LogP) is 2.17. The molecule has 0 atom stereocenters. The molecule has 0 aliphatic carbocycles. The van der Waals surface area contributed by atoms with E-state index in [2.05, 4.69) is 20.3 Å². The molecule has 15 heavy (non-hydrogen) atoms. The van der Waals surface area contributed by atoms with E-state index in [-0.39, 0.29) is 5.91 Å². The Morgan fingerprint density at radius 2 is 2.47 bits per heavy atom. The average molecular weight is 239 g/mol. The van der Waals surface area contributed by atoms with Crippen LogP contribution in [0.15, 0.2) is 23.0 Å². The van der Waals surface area contributed by atoms with Crippen LogP contribution >= 0.6 is 22.9 Å². The lowest BCUT2D eigenvalue weighted by Gasteiger charge is -1.99. The first-order valence-corrected chi connectivity index (χ1v) is 6.14. The van der Waals surface area contributed by atoms with Gasteiger partial charge in [0.05, 0.1) is 6.20 Å². The first-order valence-electron chi connectivity index (χ1n) is 4.43. The normalized spacial score (nSPS) is 10.1. The SMILES string of the molecule is O=C(CCc1ccsc1)Nc1cnns1. The van der Waals surface area contributed by atoms with Gasteiger partial charge in [-0.1, -0.05) is 4.49 Å². The van der Waals surface area contributed by atoms with Gasteiger partial charge in [0.2, 0.25) is 5.91 Å². The topological polar surface area (TPSA) is 54.9 Å². The third-order valence-corrected chi connectivity index (χ3v) is 3.16. The van der Waals surface area contributed by atoms with E-state index < -0.39 is 0 Å². The van der Waals surface area contributed by atoms with Crippen LogP contribution in [-0.2, 0) is 11.2 Å². The molecule has 6 heteroatoms. The van der Waals surface area contributed by atoms with Crippen molar-refractivity contribution in [3.05, 3.63) is 28.6 Å². The maximum absolute atomic E-state index is 11.4. The van der Waals surface area contributed by atoms with Gasteiger partial charge in [0.25, 0.3) is 0 Å². The summed E-state index contributed by atoms with van der Waals surface area (Å²) in [4.78, 5) is 11.4. The molecule has 2 heterocycles. The molecule has 0 bridgehead atoms. The second kappa shape index (κ2) is 4.99. The number of anilines is 1. The highest BCUT2D eigenvalue weighted by Crippen LogP contribution is 2.11. The van der Waals surface area contributed by atoms with Gasteiger partial charge in [-0.3, -0.25) is 4.79 Å². The first-order chi connectivity index (χ1) is 7.34. The van der Waals surface area contributed by atoms with Crippen LogP contribution in [0.25, 0.3) is 0 Å². The first kappa shape index (κ1) is 10.3. The summed E-state index contributed by atoms with van der Waals surface area (Å²) in [6, 6.07) is 2.03. The monoisotopic (exact) mass is 239 g/mol. The minimum absolute atomic E-state index is 0.00671. The molecule has 2 aromatic heterocycles. The molecular formula is C9H9N3OS2. The summed E-state index contributed by atoms with van der Waals surface area (Å²) in [5, 5.41) is 11.2. The van der Waals surface area contributed by atoms with Crippen LogP contribution in [0.2, 0.25) is 0 Å². The van der Waals surface area contributed by atoms with Gasteiger partial charge in [-0.2, -0.15) is 11.3 Å². The number of thiophene rings is 1. The molecular weight excluding hydrogens is 230 g/mol. The summed E-state index contributed by atoms with van der Waals surface area (Å²) >= 11 is 2.83. The number of nitrogens with zero attached hydrogens (tertiary/aromatic N) is 2. The molecule has 2 rings (SSSR count). The fraction of sp³-hybridized carbons (Fsp3) is 0.222. The lowest BCUT2D eigenvalue weighted by Crippen LogP contribution is -2.11. The quantitative estimate of drug-likeness (QED) is 0.889. The molecule has 1 N–H and O–H groups in total. The van der Waals surface area contributed by atoms with Crippen LogP contribution in [0.3, 0.4) is 0 Å². The van der Waals surface area contributed by atoms with E-state index in [0.29, 0.717) is 11.4 Å². The fourth-order valence-electron chi connectivity index (χ4n) is 1.11. The van der Waals surface area contributed by atoms with Gasteiger partial charge in [0.15, 0.2) is 0 Å². The molecule has 1 amide bonds. The molecule has 0 spiro atoms. The summed E-state index contributed by atoms with van der Waals surface area (Å²) in [6.45, 7) is 0. The summed E-state index contributed by atoms with van der Waals surface area (Å²) in [5.74, 6) is 0.00671. The number of aryl methyl sites for hydroxylation is 1. The van der Waals surface area contributed by atoms with Crippen molar-refractivity contribution in [2.45, 2.75) is 12.8 Å². The van der Waals surface area contributed by atoms with E-state index in [1.54, 1.807) is 17.5 Å². The van der Waals surface area contributed by atoms with Gasteiger partial charge in [0, 0.05) is 18.0 Å². The maximum atomic E-state index is 11.4. The highest BCUT2D eigenvalue weighted by Gasteiger charge is 2.04. The highest BCUT2D eigenvalue weighted by atomic mass is 32.1. The van der Waals surface area contributed by atoms with Crippen molar-refractivity contribution in [3.8, 4) is 0 Å². The molecule has 0 saturated carbocycles. The summed E-state index contributed by atoms with van der Waals surface area (Å²) in [5.41, 5.74) is 1.21. The Balaban J connectivity index is 1.78. The highest BCUT2D eigenvalue weighted by molar-refractivity contribution is 7.10. The lowest BCUT2D eigenvalue weighted by atomic mass is 10.2. The summed E-state index contributed by atoms with van der Waals surface area (Å²) in [6.07, 6.45) is 2.82. The molecule has 0 aromatic carbocycles. The molecule has 4 nitrogen and oxygen atoms in total. The Morgan fingerprint density at radius 3 is 3.13 bits per heavy atom. The van der Waals surface area contributed by atoms with Gasteiger partial charge in [-0.25, -0.2) is 0 Å². The molecule has 2 aromatic rings. The van der Waals surface area contributed by atoms with Gasteiger partial charge in [-0.15, -0.1) is 5.10 Å². The second-order valence-corrected chi connectivity index (χ2v) is 4.53. The number of carbonyl (C=O) groups excluding carboxylic acids is 1. The number of nitrogens with one attached hydrogen (secondary N) is 1. The van der Waals surface area contributed by atoms with Gasteiger partial charge < -0.3 is 5.32 Å². The molecule has 0 aliphatic heterocycles. The number of rotatable bonds is 4. The van der Waals surface area contributed by atoms with Crippen molar-refractivity contribution in [1.29, 1.82) is 0 Å². The van der Waals surface area contributed by atoms with E-state index in [1.807, 2.05) is 11.4 Å². The third kappa shape index (κ3) is 3.10. The van der Waals surface area contributed by atoms with Gasteiger partial charge >= 0.3 is 0 Å². The van der Waals surface area contributed by atoms with Crippen LogP contribution in [0.4, 0.5) is 5.00 Å². The van der Waals surface area contributed by atoms with Crippen LogP contribution in [-0.4, -0.2) is 15.5 Å². The Morgan fingerprint density at radius 1 is 1.53 bits per heavy atom. The van der Waals surface area contributed by atoms with E-state index in [9.17, 15) is 4.79 Å². The van der Waals surface area contributed by atoms with Crippen LogP contribution in [0.5, 0.6) is 0 Å². The molecule has 0 radical (unpaired) electrons. The van der Waals surface area contributed by atoms with Gasteiger partial charge in [-0.05, 0) is 28.8 Å². The van der Waals surface area contributed by atoms with Crippen molar-refractivity contribution in [2.75, 3.05) is 5.32 Å². The Hall–Kier alpha value is -1.27. The van der Waals surface area contributed by atoms with Gasteiger partial charge in [0.1, 0.15) is 5.00 Å². The zero-order valence-electron chi connectivity index (χ0n) is 7.84. The summed E-state index contributed by atoms with van der Waals surface area (Å²) < 4.78 is 3.66. The number of amides is 1.